The zero-order chi connectivity index (χ0) is 14.3. The van der Waals surface area contributed by atoms with Gasteiger partial charge in [0.05, 0.1) is 6.04 Å². The fourth-order valence-corrected chi connectivity index (χ4v) is 3.36. The van der Waals surface area contributed by atoms with Crippen molar-refractivity contribution < 1.29 is 4.79 Å². The first-order valence-electron chi connectivity index (χ1n) is 7.10. The van der Waals surface area contributed by atoms with Crippen molar-refractivity contribution in [3.63, 3.8) is 0 Å². The number of likely N-dealkylation sites (N-methyl/N-ethyl adjacent to an activating group) is 1. The van der Waals surface area contributed by atoms with Gasteiger partial charge in [-0.05, 0) is 45.3 Å². The lowest BCUT2D eigenvalue weighted by Gasteiger charge is -2.39. The first kappa shape index (κ1) is 13.8. The fourth-order valence-electron chi connectivity index (χ4n) is 3.21. The van der Waals surface area contributed by atoms with Crippen LogP contribution < -0.4 is 4.90 Å². The minimum atomic E-state index is 0.161. The van der Waals surface area contributed by atoms with Gasteiger partial charge >= 0.3 is 0 Å². The van der Waals surface area contributed by atoms with Gasteiger partial charge in [0.1, 0.15) is 0 Å². The number of hydrogen-bond donors (Lipinski definition) is 0. The van der Waals surface area contributed by atoms with Crippen molar-refractivity contribution in [2.24, 2.45) is 0 Å². The van der Waals surface area contributed by atoms with Gasteiger partial charge in [-0.15, -0.1) is 10.2 Å². The van der Waals surface area contributed by atoms with E-state index < -0.39 is 0 Å². The molecule has 0 bridgehead atoms. The second kappa shape index (κ2) is 5.30. The van der Waals surface area contributed by atoms with E-state index in [-0.39, 0.29) is 11.9 Å². The maximum atomic E-state index is 12.4. The normalized spacial score (nSPS) is 23.9. The first-order chi connectivity index (χ1) is 9.58. The van der Waals surface area contributed by atoms with Crippen LogP contribution in [0.1, 0.15) is 30.4 Å². The van der Waals surface area contributed by atoms with E-state index >= 15 is 0 Å². The van der Waals surface area contributed by atoms with Crippen LogP contribution in [0.15, 0.2) is 0 Å². The van der Waals surface area contributed by atoms with Crippen LogP contribution in [0.5, 0.6) is 0 Å². The summed E-state index contributed by atoms with van der Waals surface area (Å²) >= 11 is 6.05. The average molecular weight is 295 g/mol. The van der Waals surface area contributed by atoms with Gasteiger partial charge in [-0.2, -0.15) is 0 Å². The summed E-state index contributed by atoms with van der Waals surface area (Å²) in [5.41, 5.74) is 2.04. The number of halogens is 1. The van der Waals surface area contributed by atoms with Crippen molar-refractivity contribution in [3.8, 4) is 0 Å². The predicted octanol–water partition coefficient (Wildman–Crippen LogP) is 1.81. The molecule has 1 amide bonds. The Morgan fingerprint density at radius 3 is 2.85 bits per heavy atom. The van der Waals surface area contributed by atoms with Gasteiger partial charge in [0.15, 0.2) is 11.0 Å². The second-order valence-corrected chi connectivity index (χ2v) is 6.10. The SMILES string of the molecule is Cc1c(Cl)nnc2c1CCC(=O)N2[C@@H]1CCCN(C)C1. The molecule has 20 heavy (non-hydrogen) atoms. The molecule has 5 nitrogen and oxygen atoms in total. The van der Waals surface area contributed by atoms with E-state index in [9.17, 15) is 4.79 Å². The molecule has 1 aromatic heterocycles. The molecule has 6 heteroatoms. The van der Waals surface area contributed by atoms with E-state index in [2.05, 4.69) is 22.1 Å². The second-order valence-electron chi connectivity index (χ2n) is 5.74. The Hall–Kier alpha value is -1.20. The lowest BCUT2D eigenvalue weighted by atomic mass is 9.97. The quantitative estimate of drug-likeness (QED) is 0.793. The summed E-state index contributed by atoms with van der Waals surface area (Å²) in [5.74, 6) is 0.886. The Kier molecular flexibility index (Phi) is 3.65. The number of piperidine rings is 1. The van der Waals surface area contributed by atoms with Crippen molar-refractivity contribution in [2.45, 2.75) is 38.6 Å². The number of carbonyl (C=O) groups excluding carboxylic acids is 1. The van der Waals surface area contributed by atoms with Gasteiger partial charge in [-0.1, -0.05) is 11.6 Å². The maximum Gasteiger partial charge on any atom is 0.228 e. The molecule has 1 saturated heterocycles. The Morgan fingerprint density at radius 1 is 1.30 bits per heavy atom. The van der Waals surface area contributed by atoms with Crippen LogP contribution in [-0.2, 0) is 11.2 Å². The highest BCUT2D eigenvalue weighted by Gasteiger charge is 2.34. The zero-order valence-corrected chi connectivity index (χ0v) is 12.7. The topological polar surface area (TPSA) is 49.3 Å². The van der Waals surface area contributed by atoms with Crippen LogP contribution in [0.2, 0.25) is 5.15 Å². The molecule has 0 aliphatic carbocycles. The number of nitrogens with zero attached hydrogens (tertiary/aromatic N) is 4. The van der Waals surface area contributed by atoms with Crippen LogP contribution in [0, 0.1) is 6.92 Å². The van der Waals surface area contributed by atoms with Crippen molar-refractivity contribution in [3.05, 3.63) is 16.3 Å². The molecule has 1 atom stereocenters. The Bertz CT molecular complexity index is 548. The van der Waals surface area contributed by atoms with E-state index in [1.807, 2.05) is 11.8 Å². The van der Waals surface area contributed by atoms with Crippen LogP contribution in [0.4, 0.5) is 5.82 Å². The maximum absolute atomic E-state index is 12.4. The van der Waals surface area contributed by atoms with Gasteiger partial charge in [-0.3, -0.25) is 9.69 Å². The molecule has 0 radical (unpaired) electrons. The summed E-state index contributed by atoms with van der Waals surface area (Å²) in [6, 6.07) is 0.204. The Balaban J connectivity index is 1.99. The van der Waals surface area contributed by atoms with E-state index in [1.54, 1.807) is 0 Å². The number of rotatable bonds is 1. The van der Waals surface area contributed by atoms with Gasteiger partial charge < -0.3 is 4.90 Å². The van der Waals surface area contributed by atoms with Crippen LogP contribution in [0.25, 0.3) is 0 Å². The monoisotopic (exact) mass is 294 g/mol. The number of aromatic nitrogens is 2. The number of amides is 1. The summed E-state index contributed by atoms with van der Waals surface area (Å²) in [6.07, 6.45) is 3.39. The highest BCUT2D eigenvalue weighted by molar-refractivity contribution is 6.30. The van der Waals surface area contributed by atoms with Crippen molar-refractivity contribution in [1.29, 1.82) is 0 Å². The molecule has 2 aliphatic heterocycles. The summed E-state index contributed by atoms with van der Waals surface area (Å²) in [4.78, 5) is 16.5. The molecule has 1 fully saturated rings. The molecular formula is C14H19ClN4O. The Morgan fingerprint density at radius 2 is 2.10 bits per heavy atom. The molecule has 0 saturated carbocycles. The van der Waals surface area contributed by atoms with E-state index in [0.717, 1.165) is 42.9 Å². The van der Waals surface area contributed by atoms with Gasteiger partial charge in [-0.25, -0.2) is 0 Å². The first-order valence-corrected chi connectivity index (χ1v) is 7.48. The third kappa shape index (κ3) is 2.29. The highest BCUT2D eigenvalue weighted by atomic mass is 35.5. The molecule has 0 spiro atoms. The molecule has 0 N–H and O–H groups in total. The molecule has 1 aromatic rings. The van der Waals surface area contributed by atoms with E-state index in [0.29, 0.717) is 18.0 Å². The molecule has 0 unspecified atom stereocenters. The summed E-state index contributed by atoms with van der Waals surface area (Å²) in [6.45, 7) is 3.95. The van der Waals surface area contributed by atoms with Crippen LogP contribution in [0.3, 0.4) is 0 Å². The van der Waals surface area contributed by atoms with Gasteiger partial charge in [0.2, 0.25) is 5.91 Å². The van der Waals surface area contributed by atoms with E-state index in [4.69, 9.17) is 11.6 Å². The van der Waals surface area contributed by atoms with Crippen molar-refractivity contribution >= 4 is 23.3 Å². The predicted molar refractivity (Wildman–Crippen MR) is 78.1 cm³/mol. The minimum absolute atomic E-state index is 0.161. The lowest BCUT2D eigenvalue weighted by Crippen LogP contribution is -2.51. The smallest absolute Gasteiger partial charge is 0.228 e. The minimum Gasteiger partial charge on any atom is -0.304 e. The number of hydrogen-bond acceptors (Lipinski definition) is 4. The van der Waals surface area contributed by atoms with Crippen LogP contribution in [-0.4, -0.2) is 47.2 Å². The van der Waals surface area contributed by atoms with E-state index in [1.165, 1.54) is 0 Å². The number of fused-ring (bicyclic) bond motifs is 1. The third-order valence-corrected chi connectivity index (χ3v) is 4.67. The van der Waals surface area contributed by atoms with Crippen LogP contribution >= 0.6 is 11.6 Å². The lowest BCUT2D eigenvalue weighted by molar-refractivity contribution is -0.119. The summed E-state index contributed by atoms with van der Waals surface area (Å²) < 4.78 is 0. The molecule has 3 heterocycles. The molecule has 0 aromatic carbocycles. The number of likely N-dealkylation sites (tertiary alicyclic amines) is 1. The highest BCUT2D eigenvalue weighted by Crippen LogP contribution is 2.33. The average Bonchev–Trinajstić information content (AvgIpc) is 2.43. The molecule has 108 valence electrons. The van der Waals surface area contributed by atoms with Crippen molar-refractivity contribution in [1.82, 2.24) is 15.1 Å². The molecule has 3 rings (SSSR count). The zero-order valence-electron chi connectivity index (χ0n) is 11.9. The summed E-state index contributed by atoms with van der Waals surface area (Å²) in [7, 11) is 2.10. The Labute approximate surface area is 123 Å². The van der Waals surface area contributed by atoms with Gasteiger partial charge in [0, 0.05) is 18.5 Å². The third-order valence-electron chi connectivity index (χ3n) is 4.32. The largest absolute Gasteiger partial charge is 0.304 e. The number of carbonyl (C=O) groups is 1. The van der Waals surface area contributed by atoms with Crippen molar-refractivity contribution in [2.75, 3.05) is 25.0 Å². The molecule has 2 aliphatic rings. The summed E-state index contributed by atoms with van der Waals surface area (Å²) in [5, 5.41) is 8.66. The standard InChI is InChI=1S/C14H19ClN4O/c1-9-11-5-6-12(20)19(14(11)17-16-13(9)15)10-4-3-7-18(2)8-10/h10H,3-8H2,1-2H3/t10-/m1/s1. The molecular weight excluding hydrogens is 276 g/mol. The number of anilines is 1. The van der Waals surface area contributed by atoms with Gasteiger partial charge in [0.25, 0.3) is 0 Å². The fraction of sp³-hybridized carbons (Fsp3) is 0.643.